The fourth-order valence-corrected chi connectivity index (χ4v) is 1.88. The lowest BCUT2D eigenvalue weighted by molar-refractivity contribution is -0.137. The number of esters is 1. The summed E-state index contributed by atoms with van der Waals surface area (Å²) in [5.41, 5.74) is -1.91. The molecular formula is C13H10F4N2O2. The molecule has 0 amide bonds. The van der Waals surface area contributed by atoms with Crippen molar-refractivity contribution in [2.24, 2.45) is 0 Å². The highest BCUT2D eigenvalue weighted by Crippen LogP contribution is 2.37. The molecule has 0 unspecified atom stereocenters. The molecule has 0 fully saturated rings. The summed E-state index contributed by atoms with van der Waals surface area (Å²) in [5, 5.41) is 0. The van der Waals surface area contributed by atoms with E-state index in [2.05, 4.69) is 14.7 Å². The lowest BCUT2D eigenvalue weighted by Gasteiger charge is -2.11. The quantitative estimate of drug-likeness (QED) is 0.684. The zero-order valence-electron chi connectivity index (χ0n) is 11.0. The largest absolute Gasteiger partial charge is 0.464 e. The van der Waals surface area contributed by atoms with E-state index in [1.807, 2.05) is 0 Å². The minimum atomic E-state index is -4.75. The Bertz CT molecular complexity index is 692. The first kappa shape index (κ1) is 15.0. The smallest absolute Gasteiger partial charge is 0.417 e. The number of imidazole rings is 1. The summed E-state index contributed by atoms with van der Waals surface area (Å²) in [5.74, 6) is -2.28. The predicted molar refractivity (Wildman–Crippen MR) is 65.1 cm³/mol. The first-order valence-electron chi connectivity index (χ1n) is 5.76. The zero-order valence-corrected chi connectivity index (χ0v) is 11.0. The Morgan fingerprint density at radius 3 is 2.57 bits per heavy atom. The molecule has 1 heterocycles. The minimum Gasteiger partial charge on any atom is -0.464 e. The fraction of sp³-hybridized carbons (Fsp3) is 0.231. The average molecular weight is 302 g/mol. The van der Waals surface area contributed by atoms with Gasteiger partial charge in [-0.15, -0.1) is 0 Å². The van der Waals surface area contributed by atoms with E-state index in [0.29, 0.717) is 0 Å². The molecule has 1 aromatic heterocycles. The van der Waals surface area contributed by atoms with E-state index < -0.39 is 29.1 Å². The zero-order chi connectivity index (χ0) is 15.8. The number of aromatic amines is 1. The summed E-state index contributed by atoms with van der Waals surface area (Å²) in [7, 11) is 1.11. The van der Waals surface area contributed by atoms with Gasteiger partial charge in [-0.1, -0.05) is 6.07 Å². The Balaban J connectivity index is 2.65. The molecule has 8 heteroatoms. The van der Waals surface area contributed by atoms with E-state index in [9.17, 15) is 22.4 Å². The van der Waals surface area contributed by atoms with Crippen molar-refractivity contribution in [2.75, 3.05) is 7.11 Å². The summed E-state index contributed by atoms with van der Waals surface area (Å²) >= 11 is 0. The maximum Gasteiger partial charge on any atom is 0.417 e. The van der Waals surface area contributed by atoms with Gasteiger partial charge in [-0.05, 0) is 19.1 Å². The number of hydrogen-bond acceptors (Lipinski definition) is 3. The van der Waals surface area contributed by atoms with Crippen molar-refractivity contribution >= 4 is 5.97 Å². The lowest BCUT2D eigenvalue weighted by atomic mass is 10.1. The number of nitrogens with one attached hydrogen (secondary N) is 1. The van der Waals surface area contributed by atoms with Gasteiger partial charge in [0.2, 0.25) is 0 Å². The molecule has 112 valence electrons. The second kappa shape index (κ2) is 5.19. The van der Waals surface area contributed by atoms with Crippen LogP contribution in [0.4, 0.5) is 17.6 Å². The van der Waals surface area contributed by atoms with Crippen LogP contribution >= 0.6 is 0 Å². The van der Waals surface area contributed by atoms with Gasteiger partial charge in [-0.2, -0.15) is 13.2 Å². The molecule has 0 atom stereocenters. The number of H-pyrrole nitrogens is 1. The number of ether oxygens (including phenoxy) is 1. The van der Waals surface area contributed by atoms with E-state index in [1.54, 1.807) is 0 Å². The Hall–Kier alpha value is -2.38. The summed E-state index contributed by atoms with van der Waals surface area (Å²) in [6.45, 7) is 1.43. The number of rotatable bonds is 2. The SMILES string of the molecule is COC(=O)c1nc(-c2c(F)cccc2C(F)(F)F)[nH]c1C. The van der Waals surface area contributed by atoms with E-state index in [-0.39, 0.29) is 17.2 Å². The minimum absolute atomic E-state index is 0.188. The first-order valence-corrected chi connectivity index (χ1v) is 5.76. The maximum atomic E-state index is 13.8. The molecule has 0 saturated heterocycles. The topological polar surface area (TPSA) is 55.0 Å². The Labute approximate surface area is 116 Å². The number of aromatic nitrogens is 2. The summed E-state index contributed by atoms with van der Waals surface area (Å²) in [6.07, 6.45) is -4.75. The van der Waals surface area contributed by atoms with Crippen LogP contribution in [0.15, 0.2) is 18.2 Å². The van der Waals surface area contributed by atoms with Crippen LogP contribution in [0.2, 0.25) is 0 Å². The molecule has 2 aromatic rings. The predicted octanol–water partition coefficient (Wildman–Crippen LogP) is 3.33. The van der Waals surface area contributed by atoms with Crippen LogP contribution in [0.5, 0.6) is 0 Å². The molecule has 0 aliphatic carbocycles. The third kappa shape index (κ3) is 2.74. The second-order valence-corrected chi connectivity index (χ2v) is 4.21. The van der Waals surface area contributed by atoms with Crippen LogP contribution in [0.25, 0.3) is 11.4 Å². The third-order valence-electron chi connectivity index (χ3n) is 2.82. The number of hydrogen-bond donors (Lipinski definition) is 1. The number of methoxy groups -OCH3 is 1. The van der Waals surface area contributed by atoms with Gasteiger partial charge in [0.05, 0.1) is 18.2 Å². The summed E-state index contributed by atoms with van der Waals surface area (Å²) in [6, 6.07) is 2.59. The fourth-order valence-electron chi connectivity index (χ4n) is 1.88. The summed E-state index contributed by atoms with van der Waals surface area (Å²) < 4.78 is 57.1. The highest BCUT2D eigenvalue weighted by atomic mass is 19.4. The van der Waals surface area contributed by atoms with Crippen LogP contribution in [0.3, 0.4) is 0 Å². The van der Waals surface area contributed by atoms with Crippen LogP contribution < -0.4 is 0 Å². The molecule has 4 nitrogen and oxygen atoms in total. The van der Waals surface area contributed by atoms with Crippen molar-refractivity contribution in [3.63, 3.8) is 0 Å². The van der Waals surface area contributed by atoms with E-state index >= 15 is 0 Å². The van der Waals surface area contributed by atoms with Crippen molar-refractivity contribution in [2.45, 2.75) is 13.1 Å². The van der Waals surface area contributed by atoms with Gasteiger partial charge >= 0.3 is 12.1 Å². The number of benzene rings is 1. The molecule has 1 N–H and O–H groups in total. The number of halogens is 4. The number of carbonyl (C=O) groups excluding carboxylic acids is 1. The molecule has 0 spiro atoms. The molecule has 21 heavy (non-hydrogen) atoms. The Kier molecular flexibility index (Phi) is 3.71. The monoisotopic (exact) mass is 302 g/mol. The molecule has 0 bridgehead atoms. The van der Waals surface area contributed by atoms with Gasteiger partial charge in [0.15, 0.2) is 5.69 Å². The number of aryl methyl sites for hydroxylation is 1. The van der Waals surface area contributed by atoms with Crippen molar-refractivity contribution in [3.8, 4) is 11.4 Å². The Morgan fingerprint density at radius 2 is 2.00 bits per heavy atom. The second-order valence-electron chi connectivity index (χ2n) is 4.21. The third-order valence-corrected chi connectivity index (χ3v) is 2.82. The number of carbonyl (C=O) groups is 1. The van der Waals surface area contributed by atoms with Gasteiger partial charge < -0.3 is 9.72 Å². The van der Waals surface area contributed by atoms with Crippen LogP contribution in [-0.2, 0) is 10.9 Å². The van der Waals surface area contributed by atoms with Crippen molar-refractivity contribution in [1.29, 1.82) is 0 Å². The summed E-state index contributed by atoms with van der Waals surface area (Å²) in [4.78, 5) is 17.6. The average Bonchev–Trinajstić information content (AvgIpc) is 2.78. The Morgan fingerprint density at radius 1 is 1.33 bits per heavy atom. The van der Waals surface area contributed by atoms with Crippen LogP contribution in [-0.4, -0.2) is 23.0 Å². The van der Waals surface area contributed by atoms with Crippen molar-refractivity contribution in [1.82, 2.24) is 9.97 Å². The molecule has 1 aromatic carbocycles. The van der Waals surface area contributed by atoms with Crippen LogP contribution in [0.1, 0.15) is 21.7 Å². The van der Waals surface area contributed by atoms with Gasteiger partial charge in [0.25, 0.3) is 0 Å². The van der Waals surface area contributed by atoms with E-state index in [0.717, 1.165) is 25.3 Å². The van der Waals surface area contributed by atoms with Gasteiger partial charge in [0, 0.05) is 5.69 Å². The van der Waals surface area contributed by atoms with Crippen molar-refractivity contribution in [3.05, 3.63) is 41.0 Å². The number of alkyl halides is 3. The molecule has 0 saturated carbocycles. The molecule has 0 radical (unpaired) electrons. The normalized spacial score (nSPS) is 11.5. The van der Waals surface area contributed by atoms with Crippen LogP contribution in [0, 0.1) is 12.7 Å². The molecule has 0 aliphatic rings. The highest BCUT2D eigenvalue weighted by Gasteiger charge is 2.36. The lowest BCUT2D eigenvalue weighted by Crippen LogP contribution is -2.09. The van der Waals surface area contributed by atoms with Gasteiger partial charge in [-0.3, -0.25) is 0 Å². The number of nitrogens with zero attached hydrogens (tertiary/aromatic N) is 1. The molecule has 0 aliphatic heterocycles. The van der Waals surface area contributed by atoms with Gasteiger partial charge in [-0.25, -0.2) is 14.2 Å². The standard InChI is InChI=1S/C13H10F4N2O2/c1-6-10(12(20)21-2)19-11(18-6)9-7(13(15,16)17)4-3-5-8(9)14/h3-5H,1-2H3,(H,18,19). The van der Waals surface area contributed by atoms with Crippen molar-refractivity contribution < 1.29 is 27.1 Å². The molecule has 2 rings (SSSR count). The van der Waals surface area contributed by atoms with Gasteiger partial charge in [0.1, 0.15) is 11.6 Å². The maximum absolute atomic E-state index is 13.8. The first-order chi connectivity index (χ1) is 9.75. The van der Waals surface area contributed by atoms with E-state index in [4.69, 9.17) is 0 Å². The molecular weight excluding hydrogens is 292 g/mol. The van der Waals surface area contributed by atoms with E-state index in [1.165, 1.54) is 6.92 Å². The highest BCUT2D eigenvalue weighted by molar-refractivity contribution is 5.89.